The lowest BCUT2D eigenvalue weighted by molar-refractivity contribution is 0.305. The summed E-state index contributed by atoms with van der Waals surface area (Å²) >= 11 is 1.97. The third-order valence-corrected chi connectivity index (χ3v) is 4.83. The van der Waals surface area contributed by atoms with Crippen LogP contribution in [0.15, 0.2) is 29.3 Å². The number of halogens is 1. The number of nitrogens with zero attached hydrogens (tertiary/aromatic N) is 3. The van der Waals surface area contributed by atoms with Crippen LogP contribution in [-0.4, -0.2) is 68.1 Å². The number of hydrogen-bond acceptors (Lipinski definition) is 4. The minimum Gasteiger partial charge on any atom is -0.497 e. The Balaban J connectivity index is 0.00000264. The van der Waals surface area contributed by atoms with Gasteiger partial charge in [-0.1, -0.05) is 12.1 Å². The summed E-state index contributed by atoms with van der Waals surface area (Å²) in [6.45, 7) is 2.65. The van der Waals surface area contributed by atoms with Crippen LogP contribution in [0.1, 0.15) is 11.6 Å². The number of aliphatic imine (C=N–C) groups is 1. The molecule has 7 heteroatoms. The van der Waals surface area contributed by atoms with Crippen molar-refractivity contribution in [1.82, 2.24) is 9.80 Å². The Labute approximate surface area is 160 Å². The highest BCUT2D eigenvalue weighted by Gasteiger charge is 2.16. The van der Waals surface area contributed by atoms with Gasteiger partial charge in [-0.15, -0.1) is 24.0 Å². The van der Waals surface area contributed by atoms with E-state index in [1.165, 1.54) is 5.56 Å². The highest BCUT2D eigenvalue weighted by Crippen LogP contribution is 2.21. The number of rotatable bonds is 5. The molecule has 2 N–H and O–H groups in total. The quantitative estimate of drug-likeness (QED) is 0.424. The second kappa shape index (κ2) is 10.2. The van der Waals surface area contributed by atoms with Gasteiger partial charge in [0.15, 0.2) is 5.96 Å². The molecule has 2 rings (SSSR count). The average Bonchev–Trinajstić information content (AvgIpc) is 2.56. The van der Waals surface area contributed by atoms with Crippen LogP contribution in [-0.2, 0) is 0 Å². The van der Waals surface area contributed by atoms with E-state index in [0.717, 1.165) is 30.3 Å². The third-order valence-electron chi connectivity index (χ3n) is 3.89. The molecule has 1 aromatic carbocycles. The van der Waals surface area contributed by atoms with Crippen LogP contribution >= 0.6 is 35.7 Å². The normalized spacial score (nSPS) is 16.9. The molecule has 1 fully saturated rings. The molecule has 1 aromatic rings. The number of methoxy groups -OCH3 is 1. The summed E-state index contributed by atoms with van der Waals surface area (Å²) in [6, 6.07) is 8.37. The minimum atomic E-state index is 0. The summed E-state index contributed by atoms with van der Waals surface area (Å²) in [5, 5.41) is 0. The molecule has 5 nitrogen and oxygen atoms in total. The molecule has 0 spiro atoms. The maximum atomic E-state index is 6.15. The van der Waals surface area contributed by atoms with E-state index in [-0.39, 0.29) is 30.0 Å². The van der Waals surface area contributed by atoms with Crippen molar-refractivity contribution in [3.63, 3.8) is 0 Å². The molecule has 1 atom stereocenters. The Kier molecular flexibility index (Phi) is 9.08. The number of likely N-dealkylation sites (N-methyl/N-ethyl adjacent to an activating group) is 1. The first-order chi connectivity index (χ1) is 10.6. The van der Waals surface area contributed by atoms with Crippen LogP contribution in [0.5, 0.6) is 5.75 Å². The molecule has 0 aromatic heterocycles. The molecule has 130 valence electrons. The molecule has 0 aliphatic carbocycles. The molecule has 23 heavy (non-hydrogen) atoms. The SMILES string of the molecule is COc1ccc(C(CN=C(N)N2CCSCC2)N(C)C)cc1.I. The molecule has 0 bridgehead atoms. The van der Waals surface area contributed by atoms with Gasteiger partial charge in [0, 0.05) is 24.6 Å². The molecule has 1 saturated heterocycles. The van der Waals surface area contributed by atoms with E-state index in [9.17, 15) is 0 Å². The van der Waals surface area contributed by atoms with Crippen LogP contribution < -0.4 is 10.5 Å². The van der Waals surface area contributed by atoms with E-state index >= 15 is 0 Å². The summed E-state index contributed by atoms with van der Waals surface area (Å²) in [5.74, 6) is 3.80. The summed E-state index contributed by atoms with van der Waals surface area (Å²) in [6.07, 6.45) is 0. The van der Waals surface area contributed by atoms with E-state index in [1.54, 1.807) is 7.11 Å². The van der Waals surface area contributed by atoms with Gasteiger partial charge in [0.1, 0.15) is 5.75 Å². The van der Waals surface area contributed by atoms with Crippen molar-refractivity contribution in [3.8, 4) is 5.75 Å². The van der Waals surface area contributed by atoms with Crippen molar-refractivity contribution in [1.29, 1.82) is 0 Å². The highest BCUT2D eigenvalue weighted by molar-refractivity contribution is 14.0. The molecule has 0 amide bonds. The molecular weight excluding hydrogens is 423 g/mol. The smallest absolute Gasteiger partial charge is 0.191 e. The van der Waals surface area contributed by atoms with Gasteiger partial charge >= 0.3 is 0 Å². The molecular formula is C16H27IN4OS. The minimum absolute atomic E-state index is 0. The van der Waals surface area contributed by atoms with Crippen LogP contribution in [0.4, 0.5) is 0 Å². The van der Waals surface area contributed by atoms with Crippen LogP contribution in [0.3, 0.4) is 0 Å². The van der Waals surface area contributed by atoms with Gasteiger partial charge in [0.25, 0.3) is 0 Å². The third kappa shape index (κ3) is 6.04. The summed E-state index contributed by atoms with van der Waals surface area (Å²) in [7, 11) is 5.82. The number of nitrogens with two attached hydrogens (primary N) is 1. The number of benzene rings is 1. The Hall–Kier alpha value is -0.670. The molecule has 1 aliphatic rings. The summed E-state index contributed by atoms with van der Waals surface area (Å²) in [5.41, 5.74) is 7.37. The van der Waals surface area contributed by atoms with Gasteiger partial charge in [-0.25, -0.2) is 0 Å². The lowest BCUT2D eigenvalue weighted by atomic mass is 10.1. The molecule has 0 saturated carbocycles. The van der Waals surface area contributed by atoms with E-state index in [4.69, 9.17) is 10.5 Å². The van der Waals surface area contributed by atoms with Crippen molar-refractivity contribution in [2.75, 3.05) is 52.3 Å². The van der Waals surface area contributed by atoms with Crippen molar-refractivity contribution >= 4 is 41.7 Å². The summed E-state index contributed by atoms with van der Waals surface area (Å²) in [4.78, 5) is 8.98. The van der Waals surface area contributed by atoms with Gasteiger partial charge < -0.3 is 20.3 Å². The zero-order chi connectivity index (χ0) is 15.9. The van der Waals surface area contributed by atoms with Crippen LogP contribution in [0.25, 0.3) is 0 Å². The second-order valence-electron chi connectivity index (χ2n) is 5.55. The van der Waals surface area contributed by atoms with Crippen molar-refractivity contribution in [2.24, 2.45) is 10.7 Å². The zero-order valence-electron chi connectivity index (χ0n) is 14.1. The fraction of sp³-hybridized carbons (Fsp3) is 0.562. The average molecular weight is 450 g/mol. The zero-order valence-corrected chi connectivity index (χ0v) is 17.2. The molecule has 1 unspecified atom stereocenters. The second-order valence-corrected chi connectivity index (χ2v) is 6.78. The first kappa shape index (κ1) is 20.4. The van der Waals surface area contributed by atoms with E-state index in [2.05, 4.69) is 41.0 Å². The Morgan fingerprint density at radius 3 is 2.43 bits per heavy atom. The van der Waals surface area contributed by atoms with Crippen LogP contribution in [0.2, 0.25) is 0 Å². The largest absolute Gasteiger partial charge is 0.497 e. The predicted octanol–water partition coefficient (Wildman–Crippen LogP) is 2.28. The van der Waals surface area contributed by atoms with Gasteiger partial charge in [0.05, 0.1) is 19.7 Å². The lowest BCUT2D eigenvalue weighted by Gasteiger charge is -2.28. The van der Waals surface area contributed by atoms with Crippen LogP contribution in [0, 0.1) is 0 Å². The monoisotopic (exact) mass is 450 g/mol. The van der Waals surface area contributed by atoms with Crippen molar-refractivity contribution in [3.05, 3.63) is 29.8 Å². The Bertz CT molecular complexity index is 489. The maximum absolute atomic E-state index is 6.15. The number of hydrogen-bond donors (Lipinski definition) is 1. The molecule has 1 aliphatic heterocycles. The predicted molar refractivity (Wildman–Crippen MR) is 110 cm³/mol. The number of guanidine groups is 1. The van der Waals surface area contributed by atoms with E-state index in [1.807, 2.05) is 23.9 Å². The van der Waals surface area contributed by atoms with Gasteiger partial charge in [-0.05, 0) is 31.8 Å². The fourth-order valence-corrected chi connectivity index (χ4v) is 3.37. The first-order valence-corrected chi connectivity index (χ1v) is 8.70. The Morgan fingerprint density at radius 1 is 1.30 bits per heavy atom. The van der Waals surface area contributed by atoms with Crippen molar-refractivity contribution < 1.29 is 4.74 Å². The standard InChI is InChI=1S/C16H26N4OS.HI/c1-19(2)15(13-4-6-14(21-3)7-5-13)12-18-16(17)20-8-10-22-11-9-20;/h4-7,15H,8-12H2,1-3H3,(H2,17,18);1H. The first-order valence-electron chi connectivity index (χ1n) is 7.55. The number of thioether (sulfide) groups is 1. The van der Waals surface area contributed by atoms with Crippen molar-refractivity contribution in [2.45, 2.75) is 6.04 Å². The Morgan fingerprint density at radius 2 is 1.91 bits per heavy atom. The lowest BCUT2D eigenvalue weighted by Crippen LogP contribution is -2.43. The highest BCUT2D eigenvalue weighted by atomic mass is 127. The van der Waals surface area contributed by atoms with E-state index < -0.39 is 0 Å². The summed E-state index contributed by atoms with van der Waals surface area (Å²) < 4.78 is 5.22. The molecule has 0 radical (unpaired) electrons. The van der Waals surface area contributed by atoms with Gasteiger partial charge in [0.2, 0.25) is 0 Å². The van der Waals surface area contributed by atoms with Gasteiger partial charge in [-0.2, -0.15) is 11.8 Å². The van der Waals surface area contributed by atoms with E-state index in [0.29, 0.717) is 12.5 Å². The fourth-order valence-electron chi connectivity index (χ4n) is 2.47. The topological polar surface area (TPSA) is 54.1 Å². The number of ether oxygens (including phenoxy) is 1. The van der Waals surface area contributed by atoms with Gasteiger partial charge in [-0.3, -0.25) is 4.99 Å². The molecule has 1 heterocycles. The maximum Gasteiger partial charge on any atom is 0.191 e.